The zero-order chi connectivity index (χ0) is 9.19. The lowest BCUT2D eigenvalue weighted by Gasteiger charge is -2.00. The number of rotatable bonds is 2. The first-order valence-electron chi connectivity index (χ1n) is 3.35. The zero-order valence-electron chi connectivity index (χ0n) is 6.61. The van der Waals surface area contributed by atoms with E-state index >= 15 is 0 Å². The lowest BCUT2D eigenvalue weighted by molar-refractivity contribution is 0.602. The minimum absolute atomic E-state index is 0.208. The van der Waals surface area contributed by atoms with Crippen LogP contribution in [0.1, 0.15) is 5.56 Å². The molecule has 64 valence electrons. The van der Waals surface area contributed by atoms with Crippen LogP contribution in [0.5, 0.6) is 0 Å². The molecular weight excluding hydrogens is 174 g/mol. The predicted molar refractivity (Wildman–Crippen MR) is 47.4 cm³/mol. The Morgan fingerprint density at radius 3 is 2.33 bits per heavy atom. The topological polar surface area (TPSA) is 58.0 Å². The molecule has 0 aliphatic heterocycles. The predicted octanol–water partition coefficient (Wildman–Crippen LogP) is 1.09. The summed E-state index contributed by atoms with van der Waals surface area (Å²) in [5.41, 5.74) is 0.431. The van der Waals surface area contributed by atoms with Crippen molar-refractivity contribution in [2.24, 2.45) is 0 Å². The van der Waals surface area contributed by atoms with E-state index in [1.165, 1.54) is 6.07 Å². The summed E-state index contributed by atoms with van der Waals surface area (Å²) < 4.78 is 22.2. The molecule has 0 saturated heterocycles. The van der Waals surface area contributed by atoms with Crippen LogP contribution >= 0.6 is 0 Å². The second kappa shape index (κ2) is 3.06. The summed E-state index contributed by atoms with van der Waals surface area (Å²) in [6.07, 6.45) is 2.17. The number of hydrogen-bond acceptors (Lipinski definition) is 3. The maximum Gasteiger partial charge on any atom is 0.176 e. The molecule has 0 radical (unpaired) electrons. The molecular formula is C8H9NO2S. The average Bonchev–Trinajstić information content (AvgIpc) is 2.03. The highest BCUT2D eigenvalue weighted by Gasteiger charge is 2.09. The van der Waals surface area contributed by atoms with Crippen molar-refractivity contribution in [1.29, 1.82) is 5.41 Å². The molecule has 1 aromatic carbocycles. The molecule has 0 amide bonds. The van der Waals surface area contributed by atoms with Crippen molar-refractivity contribution in [3.63, 3.8) is 0 Å². The average molecular weight is 183 g/mol. The number of benzene rings is 1. The van der Waals surface area contributed by atoms with E-state index in [4.69, 9.17) is 5.41 Å². The van der Waals surface area contributed by atoms with Gasteiger partial charge in [0.1, 0.15) is 0 Å². The first-order chi connectivity index (χ1) is 5.55. The molecule has 12 heavy (non-hydrogen) atoms. The minimum Gasteiger partial charge on any atom is -0.308 e. The van der Waals surface area contributed by atoms with E-state index in [2.05, 4.69) is 0 Å². The van der Waals surface area contributed by atoms with Gasteiger partial charge in [-0.05, 0) is 6.07 Å². The molecule has 0 aromatic heterocycles. The molecule has 0 atom stereocenters. The van der Waals surface area contributed by atoms with Crippen molar-refractivity contribution in [1.82, 2.24) is 0 Å². The van der Waals surface area contributed by atoms with Gasteiger partial charge in [0.25, 0.3) is 0 Å². The van der Waals surface area contributed by atoms with Gasteiger partial charge in [-0.25, -0.2) is 8.42 Å². The Morgan fingerprint density at radius 2 is 1.92 bits per heavy atom. The van der Waals surface area contributed by atoms with E-state index in [1.807, 2.05) is 0 Å². The van der Waals surface area contributed by atoms with Crippen molar-refractivity contribution >= 4 is 16.1 Å². The maximum atomic E-state index is 11.1. The molecule has 3 nitrogen and oxygen atoms in total. The van der Waals surface area contributed by atoms with Crippen LogP contribution < -0.4 is 0 Å². The third kappa shape index (κ3) is 1.71. The molecule has 4 heteroatoms. The summed E-state index contributed by atoms with van der Waals surface area (Å²) in [6, 6.07) is 6.44. The van der Waals surface area contributed by atoms with Crippen molar-refractivity contribution in [3.05, 3.63) is 29.8 Å². The Balaban J connectivity index is 3.43. The Labute approximate surface area is 71.5 Å². The van der Waals surface area contributed by atoms with Gasteiger partial charge in [-0.1, -0.05) is 18.2 Å². The lowest BCUT2D eigenvalue weighted by Crippen LogP contribution is -2.00. The molecule has 0 bridgehead atoms. The highest BCUT2D eigenvalue weighted by Crippen LogP contribution is 2.12. The molecule has 1 aromatic rings. The molecule has 1 rings (SSSR count). The second-order valence-corrected chi connectivity index (χ2v) is 4.44. The van der Waals surface area contributed by atoms with Crippen LogP contribution in [0.15, 0.2) is 29.2 Å². The van der Waals surface area contributed by atoms with Crippen LogP contribution in [0.2, 0.25) is 0 Å². The molecule has 0 saturated carbocycles. The third-order valence-corrected chi connectivity index (χ3v) is 2.64. The lowest BCUT2D eigenvalue weighted by atomic mass is 10.2. The van der Waals surface area contributed by atoms with Gasteiger partial charge in [0.15, 0.2) is 9.84 Å². The van der Waals surface area contributed by atoms with E-state index in [1.54, 1.807) is 18.2 Å². The zero-order valence-corrected chi connectivity index (χ0v) is 7.43. The summed E-state index contributed by atoms with van der Waals surface area (Å²) in [5, 5.41) is 6.98. The maximum absolute atomic E-state index is 11.1. The van der Waals surface area contributed by atoms with E-state index in [-0.39, 0.29) is 4.90 Å². The molecule has 0 unspecified atom stereocenters. The van der Waals surface area contributed by atoms with Crippen LogP contribution in [0.4, 0.5) is 0 Å². The SMILES string of the molecule is CS(=O)(=O)c1ccccc1C=N. The van der Waals surface area contributed by atoms with Gasteiger partial charge < -0.3 is 5.41 Å². The fourth-order valence-corrected chi connectivity index (χ4v) is 1.82. The van der Waals surface area contributed by atoms with Crippen LogP contribution in [-0.4, -0.2) is 20.9 Å². The number of hydrogen-bond donors (Lipinski definition) is 1. The summed E-state index contributed by atoms with van der Waals surface area (Å²) in [6.45, 7) is 0. The van der Waals surface area contributed by atoms with Gasteiger partial charge in [0, 0.05) is 18.0 Å². The molecule has 0 fully saturated rings. The van der Waals surface area contributed by atoms with Gasteiger partial charge >= 0.3 is 0 Å². The first-order valence-corrected chi connectivity index (χ1v) is 5.24. The highest BCUT2D eigenvalue weighted by molar-refractivity contribution is 7.90. The van der Waals surface area contributed by atoms with Gasteiger partial charge in [0.05, 0.1) is 4.90 Å². The second-order valence-electron chi connectivity index (χ2n) is 2.45. The largest absolute Gasteiger partial charge is 0.308 e. The Kier molecular flexibility index (Phi) is 2.28. The third-order valence-electron chi connectivity index (χ3n) is 1.47. The van der Waals surface area contributed by atoms with Gasteiger partial charge in [0.2, 0.25) is 0 Å². The Bertz CT molecular complexity index is 395. The van der Waals surface area contributed by atoms with Crippen molar-refractivity contribution in [2.45, 2.75) is 4.90 Å². The summed E-state index contributed by atoms with van der Waals surface area (Å²) in [5.74, 6) is 0. The quantitative estimate of drug-likeness (QED) is 0.698. The number of nitrogens with one attached hydrogen (secondary N) is 1. The van der Waals surface area contributed by atoms with Gasteiger partial charge in [-0.3, -0.25) is 0 Å². The standard InChI is InChI=1S/C8H9NO2S/c1-12(10,11)8-5-3-2-4-7(8)6-9/h2-6,9H,1H3. The summed E-state index contributed by atoms with van der Waals surface area (Å²) in [4.78, 5) is 0.208. The van der Waals surface area contributed by atoms with Crippen LogP contribution in [0.25, 0.3) is 0 Å². The Morgan fingerprint density at radius 1 is 1.33 bits per heavy atom. The van der Waals surface area contributed by atoms with Crippen molar-refractivity contribution in [3.8, 4) is 0 Å². The smallest absolute Gasteiger partial charge is 0.176 e. The molecule has 0 heterocycles. The Hall–Kier alpha value is -1.16. The monoisotopic (exact) mass is 183 g/mol. The number of sulfone groups is 1. The molecule has 0 aliphatic carbocycles. The van der Waals surface area contributed by atoms with E-state index < -0.39 is 9.84 Å². The van der Waals surface area contributed by atoms with Crippen molar-refractivity contribution in [2.75, 3.05) is 6.26 Å². The highest BCUT2D eigenvalue weighted by atomic mass is 32.2. The molecule has 0 spiro atoms. The summed E-state index contributed by atoms with van der Waals surface area (Å²) >= 11 is 0. The van der Waals surface area contributed by atoms with Crippen LogP contribution in [-0.2, 0) is 9.84 Å². The van der Waals surface area contributed by atoms with Crippen LogP contribution in [0.3, 0.4) is 0 Å². The normalized spacial score (nSPS) is 11.1. The van der Waals surface area contributed by atoms with Gasteiger partial charge in [-0.2, -0.15) is 0 Å². The van der Waals surface area contributed by atoms with E-state index in [0.29, 0.717) is 5.56 Å². The fraction of sp³-hybridized carbons (Fsp3) is 0.125. The van der Waals surface area contributed by atoms with Crippen LogP contribution in [0, 0.1) is 5.41 Å². The molecule has 0 aliphatic rings. The van der Waals surface area contributed by atoms with Crippen molar-refractivity contribution < 1.29 is 8.42 Å². The molecule has 1 N–H and O–H groups in total. The van der Waals surface area contributed by atoms with E-state index in [0.717, 1.165) is 12.5 Å². The summed E-state index contributed by atoms with van der Waals surface area (Å²) in [7, 11) is -3.20. The first kappa shape index (κ1) is 8.93. The fourth-order valence-electron chi connectivity index (χ4n) is 0.937. The minimum atomic E-state index is -3.20. The van der Waals surface area contributed by atoms with E-state index in [9.17, 15) is 8.42 Å². The van der Waals surface area contributed by atoms with Gasteiger partial charge in [-0.15, -0.1) is 0 Å².